The minimum atomic E-state index is -0.595. The van der Waals surface area contributed by atoms with E-state index in [1.807, 2.05) is 12.1 Å². The molecule has 2 heterocycles. The molecular formula is C22H18ClN5O2. The summed E-state index contributed by atoms with van der Waals surface area (Å²) in [5, 5.41) is 14.1. The van der Waals surface area contributed by atoms with Crippen LogP contribution in [0, 0.1) is 11.3 Å². The third-order valence-electron chi connectivity index (χ3n) is 5.09. The van der Waals surface area contributed by atoms with Gasteiger partial charge in [0.2, 0.25) is 5.91 Å². The second-order valence-electron chi connectivity index (χ2n) is 7.07. The second-order valence-corrected chi connectivity index (χ2v) is 7.51. The van der Waals surface area contributed by atoms with Gasteiger partial charge in [0.05, 0.1) is 42.4 Å². The van der Waals surface area contributed by atoms with Crippen molar-refractivity contribution >= 4 is 23.4 Å². The molecule has 0 atom stereocenters. The highest BCUT2D eigenvalue weighted by atomic mass is 35.5. The summed E-state index contributed by atoms with van der Waals surface area (Å²) in [5.41, 5.74) is 9.05. The predicted molar refractivity (Wildman–Crippen MR) is 111 cm³/mol. The van der Waals surface area contributed by atoms with Crippen molar-refractivity contribution in [3.8, 4) is 17.3 Å². The Labute approximate surface area is 178 Å². The van der Waals surface area contributed by atoms with Gasteiger partial charge < -0.3 is 10.6 Å². The van der Waals surface area contributed by atoms with Gasteiger partial charge in [-0.15, -0.1) is 0 Å². The van der Waals surface area contributed by atoms with Crippen molar-refractivity contribution in [3.05, 3.63) is 75.9 Å². The number of primary amides is 1. The van der Waals surface area contributed by atoms with Gasteiger partial charge in [0.15, 0.2) is 0 Å². The maximum atomic E-state index is 12.9. The SMILES string of the molecule is N#Cc1cccc(CC(=O)N2CCn3nc(-c4cccc(Cl)c4)c(C(N)=O)c3C2)c1. The summed E-state index contributed by atoms with van der Waals surface area (Å²) in [5.74, 6) is -0.681. The van der Waals surface area contributed by atoms with Crippen LogP contribution in [0.5, 0.6) is 0 Å². The molecule has 150 valence electrons. The number of carbonyl (C=O) groups excluding carboxylic acids is 2. The molecule has 30 heavy (non-hydrogen) atoms. The zero-order valence-corrected chi connectivity index (χ0v) is 16.8. The summed E-state index contributed by atoms with van der Waals surface area (Å²) >= 11 is 6.09. The molecule has 0 aliphatic carbocycles. The molecule has 4 rings (SSSR count). The Bertz CT molecular complexity index is 1190. The van der Waals surface area contributed by atoms with Crippen LogP contribution in [0.4, 0.5) is 0 Å². The number of hydrogen-bond donors (Lipinski definition) is 1. The zero-order chi connectivity index (χ0) is 21.3. The van der Waals surface area contributed by atoms with Gasteiger partial charge in [-0.2, -0.15) is 10.4 Å². The number of fused-ring (bicyclic) bond motifs is 1. The molecule has 0 bridgehead atoms. The molecule has 7 nitrogen and oxygen atoms in total. The molecule has 1 aliphatic rings. The normalized spacial score (nSPS) is 12.9. The average Bonchev–Trinajstić information content (AvgIpc) is 3.13. The first-order valence-electron chi connectivity index (χ1n) is 9.38. The number of rotatable bonds is 4. The van der Waals surface area contributed by atoms with Gasteiger partial charge in [-0.3, -0.25) is 14.3 Å². The zero-order valence-electron chi connectivity index (χ0n) is 16.0. The average molecular weight is 420 g/mol. The maximum absolute atomic E-state index is 12.9. The first-order valence-corrected chi connectivity index (χ1v) is 9.76. The smallest absolute Gasteiger partial charge is 0.252 e. The van der Waals surface area contributed by atoms with Gasteiger partial charge >= 0.3 is 0 Å². The lowest BCUT2D eigenvalue weighted by Crippen LogP contribution is -2.40. The summed E-state index contributed by atoms with van der Waals surface area (Å²) in [6, 6.07) is 16.1. The first-order chi connectivity index (χ1) is 14.5. The van der Waals surface area contributed by atoms with Crippen molar-refractivity contribution in [1.82, 2.24) is 14.7 Å². The van der Waals surface area contributed by atoms with E-state index in [0.717, 1.165) is 5.56 Å². The highest BCUT2D eigenvalue weighted by Crippen LogP contribution is 2.29. The van der Waals surface area contributed by atoms with Gasteiger partial charge in [0.25, 0.3) is 5.91 Å². The molecular weight excluding hydrogens is 402 g/mol. The van der Waals surface area contributed by atoms with Gasteiger partial charge in [-0.1, -0.05) is 35.9 Å². The van der Waals surface area contributed by atoms with E-state index in [2.05, 4.69) is 11.2 Å². The third kappa shape index (κ3) is 3.78. The summed E-state index contributed by atoms with van der Waals surface area (Å²) < 4.78 is 1.73. The number of halogens is 1. The maximum Gasteiger partial charge on any atom is 0.252 e. The molecule has 2 N–H and O–H groups in total. The number of aromatic nitrogens is 2. The van der Waals surface area contributed by atoms with Crippen LogP contribution in [-0.4, -0.2) is 33.0 Å². The Morgan fingerprint density at radius 3 is 2.70 bits per heavy atom. The standard InChI is InChI=1S/C22H18ClN5O2/c23-17-6-2-5-16(11-17)21-20(22(25)30)18-13-27(7-8-28(18)26-21)19(29)10-14-3-1-4-15(9-14)12-24/h1-6,9,11H,7-8,10,13H2,(H2,25,30). The number of benzene rings is 2. The van der Waals surface area contributed by atoms with Gasteiger partial charge in [0.1, 0.15) is 5.69 Å². The van der Waals surface area contributed by atoms with Crippen LogP contribution in [0.2, 0.25) is 5.02 Å². The number of nitriles is 1. The molecule has 0 saturated carbocycles. The van der Waals surface area contributed by atoms with Gasteiger partial charge in [-0.25, -0.2) is 0 Å². The van der Waals surface area contributed by atoms with Crippen molar-refractivity contribution in [2.24, 2.45) is 5.73 Å². The highest BCUT2D eigenvalue weighted by molar-refractivity contribution is 6.30. The number of carbonyl (C=O) groups is 2. The largest absolute Gasteiger partial charge is 0.365 e. The molecule has 0 spiro atoms. The molecule has 0 fully saturated rings. The molecule has 1 aromatic heterocycles. The van der Waals surface area contributed by atoms with Crippen molar-refractivity contribution < 1.29 is 9.59 Å². The molecule has 0 saturated heterocycles. The van der Waals surface area contributed by atoms with Crippen LogP contribution >= 0.6 is 11.6 Å². The number of hydrogen-bond acceptors (Lipinski definition) is 4. The number of nitrogens with zero attached hydrogens (tertiary/aromatic N) is 4. The third-order valence-corrected chi connectivity index (χ3v) is 5.32. The fraction of sp³-hybridized carbons (Fsp3) is 0.182. The Kier molecular flexibility index (Phi) is 5.25. The molecule has 8 heteroatoms. The second kappa shape index (κ2) is 8.01. The van der Waals surface area contributed by atoms with E-state index in [1.165, 1.54) is 0 Å². The Morgan fingerprint density at radius 2 is 1.97 bits per heavy atom. The minimum absolute atomic E-state index is 0.0859. The molecule has 2 amide bonds. The Morgan fingerprint density at radius 1 is 1.17 bits per heavy atom. The van der Waals surface area contributed by atoms with Crippen LogP contribution in [-0.2, 0) is 24.3 Å². The van der Waals surface area contributed by atoms with Crippen molar-refractivity contribution in [3.63, 3.8) is 0 Å². The lowest BCUT2D eigenvalue weighted by atomic mass is 10.0. The summed E-state index contributed by atoms with van der Waals surface area (Å²) in [7, 11) is 0. The minimum Gasteiger partial charge on any atom is -0.365 e. The summed E-state index contributed by atoms with van der Waals surface area (Å²) in [4.78, 5) is 26.8. The monoisotopic (exact) mass is 419 g/mol. The van der Waals surface area contributed by atoms with Crippen molar-refractivity contribution in [2.45, 2.75) is 19.5 Å². The summed E-state index contributed by atoms with van der Waals surface area (Å²) in [6.07, 6.45) is 0.177. The number of amides is 2. The van der Waals surface area contributed by atoms with E-state index in [-0.39, 0.29) is 18.9 Å². The lowest BCUT2D eigenvalue weighted by molar-refractivity contribution is -0.132. The molecule has 3 aromatic rings. The predicted octanol–water partition coefficient (Wildman–Crippen LogP) is 2.76. The highest BCUT2D eigenvalue weighted by Gasteiger charge is 2.29. The van der Waals surface area contributed by atoms with E-state index in [9.17, 15) is 9.59 Å². The van der Waals surface area contributed by atoms with E-state index in [0.29, 0.717) is 46.2 Å². The van der Waals surface area contributed by atoms with E-state index < -0.39 is 5.91 Å². The van der Waals surface area contributed by atoms with E-state index in [4.69, 9.17) is 22.6 Å². The van der Waals surface area contributed by atoms with Crippen molar-refractivity contribution in [1.29, 1.82) is 5.26 Å². The topological polar surface area (TPSA) is 105 Å². The quantitative estimate of drug-likeness (QED) is 0.701. The fourth-order valence-corrected chi connectivity index (χ4v) is 3.85. The molecule has 0 radical (unpaired) electrons. The van der Waals surface area contributed by atoms with Crippen molar-refractivity contribution in [2.75, 3.05) is 6.54 Å². The Hall–Kier alpha value is -3.63. The molecule has 2 aromatic carbocycles. The van der Waals surface area contributed by atoms with E-state index >= 15 is 0 Å². The van der Waals surface area contributed by atoms with Crippen LogP contribution in [0.1, 0.15) is 27.2 Å². The van der Waals surface area contributed by atoms with Crippen LogP contribution in [0.3, 0.4) is 0 Å². The molecule has 1 aliphatic heterocycles. The number of nitrogens with two attached hydrogens (primary N) is 1. The van der Waals surface area contributed by atoms with Crippen LogP contribution in [0.15, 0.2) is 48.5 Å². The van der Waals surface area contributed by atoms with Gasteiger partial charge in [0, 0.05) is 17.1 Å². The van der Waals surface area contributed by atoms with Crippen LogP contribution < -0.4 is 5.73 Å². The Balaban J connectivity index is 1.62. The molecule has 0 unspecified atom stereocenters. The van der Waals surface area contributed by atoms with Gasteiger partial charge in [-0.05, 0) is 29.8 Å². The van der Waals surface area contributed by atoms with E-state index in [1.54, 1.807) is 46.0 Å². The summed E-state index contributed by atoms with van der Waals surface area (Å²) in [6.45, 7) is 1.17. The lowest BCUT2D eigenvalue weighted by Gasteiger charge is -2.28. The van der Waals surface area contributed by atoms with Crippen LogP contribution in [0.25, 0.3) is 11.3 Å². The first kappa shape index (κ1) is 19.7. The fourth-order valence-electron chi connectivity index (χ4n) is 3.66.